The van der Waals surface area contributed by atoms with Crippen LogP contribution in [0.5, 0.6) is 0 Å². The largest absolute Gasteiger partial charge is 0.392 e. The minimum atomic E-state index is -0.0967. The van der Waals surface area contributed by atoms with Gasteiger partial charge in [0.05, 0.1) is 12.3 Å². The van der Waals surface area contributed by atoms with Crippen molar-refractivity contribution in [2.45, 2.75) is 52.8 Å². The highest BCUT2D eigenvalue weighted by Gasteiger charge is 2.64. The summed E-state index contributed by atoms with van der Waals surface area (Å²) in [5.74, 6) is 0.685. The Morgan fingerprint density at radius 3 is 1.63 bits per heavy atom. The summed E-state index contributed by atoms with van der Waals surface area (Å²) in [6.07, 6.45) is 2.72. The Labute approximate surface area is 123 Å². The van der Waals surface area contributed by atoms with E-state index in [0.29, 0.717) is 12.1 Å². The van der Waals surface area contributed by atoms with Gasteiger partial charge in [0.1, 0.15) is 0 Å². The smallest absolute Gasteiger partial charge is 0.0701 e. The first kappa shape index (κ1) is 15.6. The van der Waals surface area contributed by atoms with Gasteiger partial charge in [0, 0.05) is 37.0 Å². The first-order chi connectivity index (χ1) is 8.48. The van der Waals surface area contributed by atoms with Crippen LogP contribution in [0.1, 0.15) is 40.5 Å². The van der Waals surface area contributed by atoms with E-state index < -0.39 is 0 Å². The van der Waals surface area contributed by atoms with Crippen LogP contribution in [-0.2, 0) is 0 Å². The lowest BCUT2D eigenvalue weighted by molar-refractivity contribution is -0.270. The van der Waals surface area contributed by atoms with Gasteiger partial charge in [0.15, 0.2) is 0 Å². The first-order valence-electron chi connectivity index (χ1n) is 7.64. The van der Waals surface area contributed by atoms with Crippen molar-refractivity contribution < 1.29 is 5.11 Å². The first-order valence-corrected chi connectivity index (χ1v) is 7.64. The number of nitrogens with zero attached hydrogens (tertiary/aromatic N) is 2. The molecule has 0 amide bonds. The highest BCUT2D eigenvalue weighted by Crippen LogP contribution is 2.54. The second-order valence-electron chi connectivity index (χ2n) is 7.30. The van der Waals surface area contributed by atoms with Crippen molar-refractivity contribution in [2.75, 3.05) is 26.2 Å². The Hall–Kier alpha value is 0.170. The van der Waals surface area contributed by atoms with E-state index in [1.54, 1.807) is 0 Å². The molecule has 19 heavy (non-hydrogen) atoms. The topological polar surface area (TPSA) is 26.7 Å². The summed E-state index contributed by atoms with van der Waals surface area (Å²) in [4.78, 5) is 5.33. The van der Waals surface area contributed by atoms with Crippen molar-refractivity contribution in [3.63, 3.8) is 0 Å². The van der Waals surface area contributed by atoms with Crippen LogP contribution in [0.3, 0.4) is 0 Å². The number of hydrogen-bond acceptors (Lipinski definition) is 3. The molecule has 112 valence electrons. The number of aliphatic hydroxyl groups excluding tert-OH is 1. The highest BCUT2D eigenvalue weighted by molar-refractivity contribution is 5.85. The maximum Gasteiger partial charge on any atom is 0.0701 e. The van der Waals surface area contributed by atoms with Gasteiger partial charge in [-0.1, -0.05) is 27.7 Å². The number of rotatable bonds is 3. The summed E-state index contributed by atoms with van der Waals surface area (Å²) < 4.78 is 0. The lowest BCUT2D eigenvalue weighted by Gasteiger charge is -2.70. The molecule has 4 bridgehead atoms. The number of piperidine rings is 2. The van der Waals surface area contributed by atoms with E-state index in [9.17, 15) is 5.11 Å². The Balaban J connectivity index is 0.00000133. The molecule has 4 rings (SSSR count). The Bertz CT molecular complexity index is 307. The number of halogens is 1. The van der Waals surface area contributed by atoms with E-state index >= 15 is 0 Å². The molecular formula is C15H29ClN2O. The van der Waals surface area contributed by atoms with Gasteiger partial charge in [-0.2, -0.15) is 0 Å². The van der Waals surface area contributed by atoms with Crippen LogP contribution in [0.2, 0.25) is 0 Å². The molecule has 0 saturated carbocycles. The monoisotopic (exact) mass is 288 g/mol. The van der Waals surface area contributed by atoms with Crippen molar-refractivity contribution in [3.05, 3.63) is 0 Å². The molecule has 4 heteroatoms. The van der Waals surface area contributed by atoms with E-state index in [1.165, 1.54) is 0 Å². The molecule has 0 unspecified atom stereocenters. The molecule has 0 radical (unpaired) electrons. The van der Waals surface area contributed by atoms with Crippen molar-refractivity contribution in [2.24, 2.45) is 16.7 Å². The Kier molecular flexibility index (Phi) is 3.99. The van der Waals surface area contributed by atoms with Crippen molar-refractivity contribution in [1.82, 2.24) is 9.80 Å². The average Bonchev–Trinajstić information content (AvgIpc) is 2.33. The van der Waals surface area contributed by atoms with Crippen LogP contribution >= 0.6 is 12.4 Å². The van der Waals surface area contributed by atoms with Gasteiger partial charge in [-0.05, 0) is 18.8 Å². The summed E-state index contributed by atoms with van der Waals surface area (Å²) in [5.41, 5.74) is 0.274. The SMILES string of the molecule is CCC12CN3CC(CC)(CN(C1)C3C(C)C)C2O.Cl. The zero-order chi connectivity index (χ0) is 13.1. The zero-order valence-electron chi connectivity index (χ0n) is 12.7. The second kappa shape index (κ2) is 4.87. The highest BCUT2D eigenvalue weighted by atomic mass is 35.5. The molecule has 0 spiro atoms. The summed E-state index contributed by atoms with van der Waals surface area (Å²) in [6.45, 7) is 13.6. The van der Waals surface area contributed by atoms with E-state index in [-0.39, 0.29) is 29.3 Å². The van der Waals surface area contributed by atoms with E-state index in [0.717, 1.165) is 39.0 Å². The molecule has 1 N–H and O–H groups in total. The quantitative estimate of drug-likeness (QED) is 0.862. The van der Waals surface area contributed by atoms with Gasteiger partial charge in [-0.25, -0.2) is 0 Å². The normalized spacial score (nSPS) is 51.5. The molecule has 0 aliphatic carbocycles. The third kappa shape index (κ3) is 1.89. The molecule has 4 heterocycles. The molecule has 4 aliphatic rings. The molecule has 3 nitrogen and oxygen atoms in total. The van der Waals surface area contributed by atoms with E-state index in [2.05, 4.69) is 37.5 Å². The van der Waals surface area contributed by atoms with Gasteiger partial charge in [0.2, 0.25) is 0 Å². The predicted molar refractivity (Wildman–Crippen MR) is 80.5 cm³/mol. The van der Waals surface area contributed by atoms with Crippen LogP contribution in [0.4, 0.5) is 0 Å². The Morgan fingerprint density at radius 2 is 1.37 bits per heavy atom. The van der Waals surface area contributed by atoms with Crippen molar-refractivity contribution in [3.8, 4) is 0 Å². The fourth-order valence-corrected chi connectivity index (χ4v) is 5.11. The fourth-order valence-electron chi connectivity index (χ4n) is 5.11. The van der Waals surface area contributed by atoms with Crippen LogP contribution in [-0.4, -0.2) is 53.4 Å². The minimum Gasteiger partial charge on any atom is -0.392 e. The molecule has 4 aliphatic heterocycles. The minimum absolute atomic E-state index is 0. The van der Waals surface area contributed by atoms with Gasteiger partial charge in [-0.3, -0.25) is 9.80 Å². The maximum atomic E-state index is 10.9. The standard InChI is InChI=1S/C15H28N2O.ClH/c1-5-14-7-16-9-15(6-2,13(14)18)10-17(8-14)12(16)11(3)4;/h11-13,18H,5-10H2,1-4H3;1H. The lowest BCUT2D eigenvalue weighted by atomic mass is 9.57. The summed E-state index contributed by atoms with van der Waals surface area (Å²) in [7, 11) is 0. The molecule has 0 aromatic rings. The number of aliphatic hydroxyl groups is 1. The zero-order valence-corrected chi connectivity index (χ0v) is 13.5. The van der Waals surface area contributed by atoms with Crippen LogP contribution in [0.25, 0.3) is 0 Å². The molecule has 0 aromatic carbocycles. The molecule has 0 atom stereocenters. The third-order valence-electron chi connectivity index (χ3n) is 5.98. The van der Waals surface area contributed by atoms with E-state index in [4.69, 9.17) is 0 Å². The third-order valence-corrected chi connectivity index (χ3v) is 5.98. The van der Waals surface area contributed by atoms with E-state index in [1.807, 2.05) is 0 Å². The van der Waals surface area contributed by atoms with Gasteiger partial charge >= 0.3 is 0 Å². The van der Waals surface area contributed by atoms with Crippen LogP contribution < -0.4 is 0 Å². The Morgan fingerprint density at radius 1 is 1.00 bits per heavy atom. The lowest BCUT2D eigenvalue weighted by Crippen LogP contribution is -2.81. The molecule has 0 aromatic heterocycles. The van der Waals surface area contributed by atoms with Gasteiger partial charge in [0.25, 0.3) is 0 Å². The van der Waals surface area contributed by atoms with Gasteiger partial charge < -0.3 is 5.11 Å². The molecular weight excluding hydrogens is 260 g/mol. The predicted octanol–water partition coefficient (Wildman–Crippen LogP) is 2.19. The molecule has 4 fully saturated rings. The van der Waals surface area contributed by atoms with Crippen LogP contribution in [0.15, 0.2) is 0 Å². The summed E-state index contributed by atoms with van der Waals surface area (Å²) in [6, 6.07) is 0. The van der Waals surface area contributed by atoms with Crippen LogP contribution in [0, 0.1) is 16.7 Å². The fraction of sp³-hybridized carbons (Fsp3) is 1.00. The molecule has 4 saturated heterocycles. The summed E-state index contributed by atoms with van der Waals surface area (Å²) >= 11 is 0. The van der Waals surface area contributed by atoms with Gasteiger partial charge in [-0.15, -0.1) is 12.4 Å². The number of hydrogen-bond donors (Lipinski definition) is 1. The summed E-state index contributed by atoms with van der Waals surface area (Å²) in [5, 5.41) is 10.9. The van der Waals surface area contributed by atoms with Crippen molar-refractivity contribution >= 4 is 12.4 Å². The second-order valence-corrected chi connectivity index (χ2v) is 7.30. The average molecular weight is 289 g/mol. The van der Waals surface area contributed by atoms with Crippen molar-refractivity contribution in [1.29, 1.82) is 0 Å². The maximum absolute atomic E-state index is 10.9.